The number of rotatable bonds is 2. The third-order valence-corrected chi connectivity index (χ3v) is 4.57. The lowest BCUT2D eigenvalue weighted by molar-refractivity contribution is 0.609. The van der Waals surface area contributed by atoms with Gasteiger partial charge >= 0.3 is 0 Å². The van der Waals surface area contributed by atoms with Crippen LogP contribution in [0.2, 0.25) is 0 Å². The van der Waals surface area contributed by atoms with Gasteiger partial charge in [-0.25, -0.2) is 0 Å². The van der Waals surface area contributed by atoms with E-state index in [1.807, 2.05) is 0 Å². The number of benzene rings is 1. The summed E-state index contributed by atoms with van der Waals surface area (Å²) in [6.07, 6.45) is 11.7. The number of hydrogen-bond donors (Lipinski definition) is 1. The Kier molecular flexibility index (Phi) is 4.72. The average Bonchev–Trinajstić information content (AvgIpc) is 2.75. The Bertz CT molecular complexity index is 555. The van der Waals surface area contributed by atoms with Crippen molar-refractivity contribution in [3.63, 3.8) is 0 Å². The van der Waals surface area contributed by atoms with E-state index in [4.69, 9.17) is 0 Å². The summed E-state index contributed by atoms with van der Waals surface area (Å²) in [4.78, 5) is 0. The largest absolute Gasteiger partial charge is 0.316 e. The summed E-state index contributed by atoms with van der Waals surface area (Å²) in [5, 5.41) is 3.48. The second-order valence-electron chi connectivity index (χ2n) is 6.10. The van der Waals surface area contributed by atoms with Gasteiger partial charge in [0.25, 0.3) is 0 Å². The summed E-state index contributed by atoms with van der Waals surface area (Å²) in [6.45, 7) is 4.60. The van der Waals surface area contributed by atoms with Gasteiger partial charge in [-0.15, -0.1) is 0 Å². The summed E-state index contributed by atoms with van der Waals surface area (Å²) >= 11 is 0. The van der Waals surface area contributed by atoms with Crippen LogP contribution in [0.15, 0.2) is 59.7 Å². The Morgan fingerprint density at radius 1 is 1.05 bits per heavy atom. The first kappa shape index (κ1) is 14.3. The number of allylic oxidation sites excluding steroid dienone is 5. The zero-order valence-electron chi connectivity index (χ0n) is 12.9. The zero-order chi connectivity index (χ0) is 14.5. The number of nitrogens with one attached hydrogen (secondary N) is 1. The van der Waals surface area contributed by atoms with Gasteiger partial charge < -0.3 is 5.32 Å². The van der Waals surface area contributed by atoms with Crippen LogP contribution in [0.1, 0.15) is 38.2 Å². The zero-order valence-corrected chi connectivity index (χ0v) is 12.9. The molecule has 110 valence electrons. The molecule has 21 heavy (non-hydrogen) atoms. The summed E-state index contributed by atoms with van der Waals surface area (Å²) in [7, 11) is 0. The molecule has 1 atom stereocenters. The van der Waals surface area contributed by atoms with Crippen LogP contribution < -0.4 is 5.32 Å². The molecule has 0 aromatic heterocycles. The molecule has 1 heteroatoms. The van der Waals surface area contributed by atoms with Gasteiger partial charge in [-0.3, -0.25) is 0 Å². The molecule has 0 amide bonds. The highest BCUT2D eigenvalue weighted by Crippen LogP contribution is 2.37. The predicted octanol–water partition coefficient (Wildman–Crippen LogP) is 4.74. The van der Waals surface area contributed by atoms with Gasteiger partial charge in [0, 0.05) is 0 Å². The van der Waals surface area contributed by atoms with Gasteiger partial charge in [-0.05, 0) is 61.4 Å². The van der Waals surface area contributed by atoms with Gasteiger partial charge in [0.2, 0.25) is 0 Å². The Morgan fingerprint density at radius 2 is 1.81 bits per heavy atom. The molecule has 0 saturated carbocycles. The molecule has 1 aliphatic heterocycles. The molecule has 1 aromatic rings. The highest BCUT2D eigenvalue weighted by molar-refractivity contribution is 5.82. The molecule has 0 bridgehead atoms. The van der Waals surface area contributed by atoms with Crippen molar-refractivity contribution in [2.75, 3.05) is 13.1 Å². The van der Waals surface area contributed by atoms with E-state index in [1.54, 1.807) is 11.1 Å². The molecule has 1 heterocycles. The first-order chi connectivity index (χ1) is 10.4. The fourth-order valence-electron chi connectivity index (χ4n) is 3.43. The first-order valence-electron chi connectivity index (χ1n) is 8.20. The summed E-state index contributed by atoms with van der Waals surface area (Å²) in [6, 6.07) is 11.0. The van der Waals surface area contributed by atoms with Crippen molar-refractivity contribution >= 4 is 5.57 Å². The maximum Gasteiger partial charge on any atom is -0.00111 e. The smallest absolute Gasteiger partial charge is 0.00111 e. The molecule has 1 N–H and O–H groups in total. The van der Waals surface area contributed by atoms with E-state index < -0.39 is 0 Å². The van der Waals surface area contributed by atoms with E-state index in [0.717, 1.165) is 25.9 Å². The van der Waals surface area contributed by atoms with E-state index in [0.29, 0.717) is 5.92 Å². The van der Waals surface area contributed by atoms with Crippen molar-refractivity contribution < 1.29 is 0 Å². The quantitative estimate of drug-likeness (QED) is 0.771. The van der Waals surface area contributed by atoms with Crippen LogP contribution >= 0.6 is 0 Å². The molecule has 3 rings (SSSR count). The summed E-state index contributed by atoms with van der Waals surface area (Å²) in [5.74, 6) is 0.612. The molecule has 1 nitrogen and oxygen atoms in total. The first-order valence-corrected chi connectivity index (χ1v) is 8.20. The van der Waals surface area contributed by atoms with Crippen LogP contribution in [0.4, 0.5) is 0 Å². The third-order valence-electron chi connectivity index (χ3n) is 4.57. The van der Waals surface area contributed by atoms with Crippen LogP contribution in [0.3, 0.4) is 0 Å². The summed E-state index contributed by atoms with van der Waals surface area (Å²) in [5.41, 5.74) is 6.13. The lowest BCUT2D eigenvalue weighted by Gasteiger charge is -2.25. The van der Waals surface area contributed by atoms with Crippen molar-refractivity contribution in [3.05, 3.63) is 65.3 Å². The predicted molar refractivity (Wildman–Crippen MR) is 91.1 cm³/mol. The van der Waals surface area contributed by atoms with Crippen molar-refractivity contribution in [1.82, 2.24) is 5.32 Å². The van der Waals surface area contributed by atoms with Gasteiger partial charge in [0.05, 0.1) is 0 Å². The minimum atomic E-state index is 0.612. The van der Waals surface area contributed by atoms with Crippen LogP contribution in [0.25, 0.3) is 5.57 Å². The highest BCUT2D eigenvalue weighted by Gasteiger charge is 2.20. The molecular weight excluding hydrogens is 254 g/mol. The van der Waals surface area contributed by atoms with Crippen LogP contribution in [-0.4, -0.2) is 13.1 Å². The SMILES string of the molecule is CC1CC=CCC=C1C(=C1CCNCC1)c1ccccc1. The Morgan fingerprint density at radius 3 is 2.57 bits per heavy atom. The van der Waals surface area contributed by atoms with Crippen LogP contribution in [-0.2, 0) is 0 Å². The van der Waals surface area contributed by atoms with E-state index in [9.17, 15) is 0 Å². The second kappa shape index (κ2) is 6.91. The monoisotopic (exact) mass is 279 g/mol. The van der Waals surface area contributed by atoms with Crippen LogP contribution in [0, 0.1) is 5.92 Å². The molecule has 2 aliphatic rings. The highest BCUT2D eigenvalue weighted by atomic mass is 14.9. The number of piperidine rings is 1. The third kappa shape index (κ3) is 3.36. The van der Waals surface area contributed by atoms with Crippen molar-refractivity contribution in [2.24, 2.45) is 5.92 Å². The minimum absolute atomic E-state index is 0.612. The lowest BCUT2D eigenvalue weighted by atomic mass is 9.82. The second-order valence-corrected chi connectivity index (χ2v) is 6.10. The van der Waals surface area contributed by atoms with E-state index in [1.165, 1.54) is 24.0 Å². The molecule has 1 unspecified atom stereocenters. The normalized spacial score (nSPS) is 22.6. The van der Waals surface area contributed by atoms with Gasteiger partial charge in [0.1, 0.15) is 0 Å². The molecule has 1 fully saturated rings. The molecule has 1 aromatic carbocycles. The Hall–Kier alpha value is -1.60. The van der Waals surface area contributed by atoms with E-state index in [-0.39, 0.29) is 0 Å². The molecule has 0 radical (unpaired) electrons. The fraction of sp³-hybridized carbons (Fsp3) is 0.400. The summed E-state index contributed by atoms with van der Waals surface area (Å²) < 4.78 is 0. The maximum atomic E-state index is 3.48. The van der Waals surface area contributed by atoms with Gasteiger partial charge in [-0.2, -0.15) is 0 Å². The van der Waals surface area contributed by atoms with Crippen molar-refractivity contribution in [1.29, 1.82) is 0 Å². The molecule has 1 saturated heterocycles. The number of hydrogen-bond acceptors (Lipinski definition) is 1. The average molecular weight is 279 g/mol. The minimum Gasteiger partial charge on any atom is -0.316 e. The van der Waals surface area contributed by atoms with E-state index >= 15 is 0 Å². The standard InChI is InChI=1S/C20H25N/c1-16-8-4-2-7-11-19(16)20(17-9-5-3-6-10-17)18-12-14-21-15-13-18/h2-6,9-11,16,21H,7-8,12-15H2,1H3. The van der Waals surface area contributed by atoms with Crippen molar-refractivity contribution in [2.45, 2.75) is 32.6 Å². The molecular formula is C20H25N. The van der Waals surface area contributed by atoms with Crippen molar-refractivity contribution in [3.8, 4) is 0 Å². The Labute approximate surface area is 128 Å². The topological polar surface area (TPSA) is 12.0 Å². The van der Waals surface area contributed by atoms with Gasteiger partial charge in [-0.1, -0.05) is 61.1 Å². The molecule has 1 aliphatic carbocycles. The molecule has 0 spiro atoms. The van der Waals surface area contributed by atoms with E-state index in [2.05, 4.69) is 60.8 Å². The Balaban J connectivity index is 2.06. The van der Waals surface area contributed by atoms with Gasteiger partial charge in [0.15, 0.2) is 0 Å². The van der Waals surface area contributed by atoms with Crippen LogP contribution in [0.5, 0.6) is 0 Å². The maximum absolute atomic E-state index is 3.48. The lowest BCUT2D eigenvalue weighted by Crippen LogP contribution is -2.24. The fourth-order valence-corrected chi connectivity index (χ4v) is 3.43.